The van der Waals surface area contributed by atoms with Crippen molar-refractivity contribution in [1.29, 1.82) is 0 Å². The van der Waals surface area contributed by atoms with E-state index in [2.05, 4.69) is 14.9 Å². The first-order valence-corrected chi connectivity index (χ1v) is 7.31. The molecule has 21 heavy (non-hydrogen) atoms. The Morgan fingerprint density at radius 3 is 2.86 bits per heavy atom. The maximum atomic E-state index is 10.5. The van der Waals surface area contributed by atoms with Crippen LogP contribution >= 0.6 is 0 Å². The first-order chi connectivity index (χ1) is 10.2. The lowest BCUT2D eigenvalue weighted by Crippen LogP contribution is -2.42. The van der Waals surface area contributed by atoms with E-state index in [0.717, 1.165) is 30.8 Å². The number of rotatable bonds is 5. The maximum absolute atomic E-state index is 10.5. The average molecular weight is 287 g/mol. The van der Waals surface area contributed by atoms with Gasteiger partial charge in [-0.15, -0.1) is 0 Å². The third kappa shape index (κ3) is 3.25. The van der Waals surface area contributed by atoms with Crippen LogP contribution in [-0.2, 0) is 6.54 Å². The van der Waals surface area contributed by atoms with E-state index < -0.39 is 6.10 Å². The number of imidazole rings is 1. The van der Waals surface area contributed by atoms with Gasteiger partial charge in [-0.1, -0.05) is 18.2 Å². The predicted octanol–water partition coefficient (Wildman–Crippen LogP) is 1.81. The minimum atomic E-state index is -0.474. The van der Waals surface area contributed by atoms with E-state index in [1.165, 1.54) is 0 Å². The molecule has 0 radical (unpaired) electrons. The second-order valence-corrected chi connectivity index (χ2v) is 5.60. The van der Waals surface area contributed by atoms with Crippen molar-refractivity contribution in [2.45, 2.75) is 37.6 Å². The number of hydrogen-bond acceptors (Lipinski definition) is 4. The Balaban J connectivity index is 1.59. The van der Waals surface area contributed by atoms with Crippen molar-refractivity contribution in [3.05, 3.63) is 48.5 Å². The Morgan fingerprint density at radius 1 is 1.33 bits per heavy atom. The van der Waals surface area contributed by atoms with E-state index >= 15 is 0 Å². The Hall–Kier alpha value is -1.85. The SMILES string of the molecule is CN(Cc1cnc[nH]1)[C@@H]1CC[C@H](Oc2ccccc2)[C@H]1O. The fraction of sp³-hybridized carbons (Fsp3) is 0.438. The zero-order valence-electron chi connectivity index (χ0n) is 12.1. The van der Waals surface area contributed by atoms with Crippen LogP contribution in [0.4, 0.5) is 0 Å². The van der Waals surface area contributed by atoms with Crippen molar-refractivity contribution in [2.24, 2.45) is 0 Å². The normalized spacial score (nSPS) is 25.4. The molecule has 3 atom stereocenters. The molecule has 0 saturated heterocycles. The molecule has 0 bridgehead atoms. The van der Waals surface area contributed by atoms with Crippen LogP contribution in [-0.4, -0.2) is 45.3 Å². The fourth-order valence-electron chi connectivity index (χ4n) is 2.97. The number of ether oxygens (including phenoxy) is 1. The second kappa shape index (κ2) is 6.28. The molecule has 0 unspecified atom stereocenters. The van der Waals surface area contributed by atoms with Crippen molar-refractivity contribution in [1.82, 2.24) is 14.9 Å². The van der Waals surface area contributed by atoms with Crippen molar-refractivity contribution < 1.29 is 9.84 Å². The second-order valence-electron chi connectivity index (χ2n) is 5.60. The van der Waals surface area contributed by atoms with Crippen molar-refractivity contribution in [3.63, 3.8) is 0 Å². The molecule has 0 amide bonds. The highest BCUT2D eigenvalue weighted by molar-refractivity contribution is 5.21. The average Bonchev–Trinajstić information content (AvgIpc) is 3.11. The van der Waals surface area contributed by atoms with Crippen LogP contribution < -0.4 is 4.74 Å². The van der Waals surface area contributed by atoms with Gasteiger partial charge in [0.15, 0.2) is 0 Å². The van der Waals surface area contributed by atoms with Gasteiger partial charge in [-0.05, 0) is 32.0 Å². The Bertz CT molecular complexity index is 544. The lowest BCUT2D eigenvalue weighted by molar-refractivity contribution is 0.0150. The zero-order valence-corrected chi connectivity index (χ0v) is 12.1. The quantitative estimate of drug-likeness (QED) is 0.880. The molecule has 1 aromatic heterocycles. The number of nitrogens with zero attached hydrogens (tertiary/aromatic N) is 2. The molecule has 1 aromatic carbocycles. The number of benzene rings is 1. The molecule has 3 rings (SSSR count). The molecule has 1 aliphatic carbocycles. The number of likely N-dealkylation sites (N-methyl/N-ethyl adjacent to an activating group) is 1. The summed E-state index contributed by atoms with van der Waals surface area (Å²) in [4.78, 5) is 9.27. The maximum Gasteiger partial charge on any atom is 0.126 e. The largest absolute Gasteiger partial charge is 0.488 e. The van der Waals surface area contributed by atoms with Gasteiger partial charge in [0.25, 0.3) is 0 Å². The molecule has 1 fully saturated rings. The number of aromatic amines is 1. The third-order valence-corrected chi connectivity index (χ3v) is 4.09. The summed E-state index contributed by atoms with van der Waals surface area (Å²) in [6.07, 6.45) is 4.68. The summed E-state index contributed by atoms with van der Waals surface area (Å²) in [6, 6.07) is 9.81. The molecular formula is C16H21N3O2. The smallest absolute Gasteiger partial charge is 0.126 e. The molecule has 5 heteroatoms. The number of nitrogens with one attached hydrogen (secondary N) is 1. The van der Waals surface area contributed by atoms with E-state index in [0.29, 0.717) is 0 Å². The van der Waals surface area contributed by atoms with Crippen LogP contribution in [0.25, 0.3) is 0 Å². The molecule has 2 aromatic rings. The first-order valence-electron chi connectivity index (χ1n) is 7.31. The van der Waals surface area contributed by atoms with E-state index in [9.17, 15) is 5.11 Å². The molecule has 5 nitrogen and oxygen atoms in total. The van der Waals surface area contributed by atoms with Gasteiger partial charge in [0.1, 0.15) is 18.0 Å². The van der Waals surface area contributed by atoms with E-state index in [1.807, 2.05) is 43.6 Å². The summed E-state index contributed by atoms with van der Waals surface area (Å²) in [7, 11) is 2.03. The highest BCUT2D eigenvalue weighted by Crippen LogP contribution is 2.28. The molecule has 112 valence electrons. The number of hydrogen-bond donors (Lipinski definition) is 2. The van der Waals surface area contributed by atoms with Crippen molar-refractivity contribution >= 4 is 0 Å². The topological polar surface area (TPSA) is 61.4 Å². The number of aliphatic hydroxyl groups is 1. The molecule has 1 saturated carbocycles. The van der Waals surface area contributed by atoms with Gasteiger partial charge < -0.3 is 14.8 Å². The lowest BCUT2D eigenvalue weighted by atomic mass is 10.1. The predicted molar refractivity (Wildman–Crippen MR) is 79.9 cm³/mol. The summed E-state index contributed by atoms with van der Waals surface area (Å²) in [6.45, 7) is 0.750. The minimum Gasteiger partial charge on any atom is -0.488 e. The van der Waals surface area contributed by atoms with Crippen LogP contribution in [0.1, 0.15) is 18.5 Å². The summed E-state index contributed by atoms with van der Waals surface area (Å²) < 4.78 is 5.91. The lowest BCUT2D eigenvalue weighted by Gasteiger charge is -2.28. The van der Waals surface area contributed by atoms with Crippen LogP contribution in [0.15, 0.2) is 42.9 Å². The zero-order chi connectivity index (χ0) is 14.7. The van der Waals surface area contributed by atoms with Gasteiger partial charge in [-0.2, -0.15) is 0 Å². The molecule has 1 heterocycles. The van der Waals surface area contributed by atoms with Gasteiger partial charge in [0, 0.05) is 24.5 Å². The summed E-state index contributed by atoms with van der Waals surface area (Å²) in [5, 5.41) is 10.5. The van der Waals surface area contributed by atoms with Crippen LogP contribution in [0, 0.1) is 0 Å². The van der Waals surface area contributed by atoms with E-state index in [1.54, 1.807) is 6.33 Å². The van der Waals surface area contributed by atoms with Gasteiger partial charge in [0.2, 0.25) is 0 Å². The molecular weight excluding hydrogens is 266 g/mol. The third-order valence-electron chi connectivity index (χ3n) is 4.09. The molecule has 0 aliphatic heterocycles. The number of para-hydroxylation sites is 1. The van der Waals surface area contributed by atoms with Crippen molar-refractivity contribution in [2.75, 3.05) is 7.05 Å². The van der Waals surface area contributed by atoms with E-state index in [4.69, 9.17) is 4.74 Å². The molecule has 2 N–H and O–H groups in total. The van der Waals surface area contributed by atoms with Gasteiger partial charge in [0.05, 0.1) is 6.33 Å². The Morgan fingerprint density at radius 2 is 2.14 bits per heavy atom. The number of aliphatic hydroxyl groups excluding tert-OH is 1. The van der Waals surface area contributed by atoms with Gasteiger partial charge >= 0.3 is 0 Å². The van der Waals surface area contributed by atoms with E-state index in [-0.39, 0.29) is 12.1 Å². The highest BCUT2D eigenvalue weighted by Gasteiger charge is 2.38. The first kappa shape index (κ1) is 14.1. The fourth-order valence-corrected chi connectivity index (χ4v) is 2.97. The Kier molecular flexibility index (Phi) is 4.22. The number of aromatic nitrogens is 2. The molecule has 1 aliphatic rings. The van der Waals surface area contributed by atoms with Crippen LogP contribution in [0.5, 0.6) is 5.75 Å². The minimum absolute atomic E-state index is 0.113. The van der Waals surface area contributed by atoms with Crippen molar-refractivity contribution in [3.8, 4) is 5.75 Å². The highest BCUT2D eigenvalue weighted by atomic mass is 16.5. The number of H-pyrrole nitrogens is 1. The Labute approximate surface area is 124 Å². The standard InChI is InChI=1S/C16H21N3O2/c1-19(10-12-9-17-11-18-12)14-7-8-15(16(14)20)21-13-5-3-2-4-6-13/h2-6,9,11,14-16,20H,7-8,10H2,1H3,(H,17,18)/t14-,15+,16+/m1/s1. The summed E-state index contributed by atoms with van der Waals surface area (Å²) >= 11 is 0. The monoisotopic (exact) mass is 287 g/mol. The van der Waals surface area contributed by atoms with Gasteiger partial charge in [-0.3, -0.25) is 4.90 Å². The summed E-state index contributed by atoms with van der Waals surface area (Å²) in [5.41, 5.74) is 1.05. The van der Waals surface area contributed by atoms with Gasteiger partial charge in [-0.25, -0.2) is 4.98 Å². The van der Waals surface area contributed by atoms with Crippen LogP contribution in [0.2, 0.25) is 0 Å². The molecule has 0 spiro atoms. The van der Waals surface area contributed by atoms with Crippen LogP contribution in [0.3, 0.4) is 0 Å². The summed E-state index contributed by atoms with van der Waals surface area (Å²) in [5.74, 6) is 0.818.